The van der Waals surface area contributed by atoms with Gasteiger partial charge in [0.05, 0.1) is 5.39 Å². The second kappa shape index (κ2) is 3.15. The van der Waals surface area contributed by atoms with Gasteiger partial charge in [-0.15, -0.1) is 0 Å². The predicted molar refractivity (Wildman–Crippen MR) is 53.0 cm³/mol. The van der Waals surface area contributed by atoms with Crippen LogP contribution in [0.2, 0.25) is 0 Å². The molecule has 0 aliphatic heterocycles. The maximum Gasteiger partial charge on any atom is 0.212 e. The summed E-state index contributed by atoms with van der Waals surface area (Å²) in [6.45, 7) is 0.599. The molecule has 2 aromatic rings. The fourth-order valence-corrected chi connectivity index (χ4v) is 1.60. The van der Waals surface area contributed by atoms with Gasteiger partial charge < -0.3 is 5.73 Å². The van der Waals surface area contributed by atoms with E-state index in [1.54, 1.807) is 0 Å². The summed E-state index contributed by atoms with van der Waals surface area (Å²) in [7, 11) is 2.04. The molecule has 2 nitrogen and oxygen atoms in total. The molecule has 0 bridgehead atoms. The van der Waals surface area contributed by atoms with Gasteiger partial charge in [0, 0.05) is 18.7 Å². The number of fused-ring (bicyclic) bond motifs is 1. The molecule has 0 atom stereocenters. The average molecular weight is 173 g/mol. The molecule has 1 heterocycles. The second-order valence-corrected chi connectivity index (χ2v) is 3.17. The van der Waals surface area contributed by atoms with E-state index in [1.807, 2.05) is 25.4 Å². The molecule has 2 heteroatoms. The molecule has 2 N–H and O–H groups in total. The monoisotopic (exact) mass is 173 g/mol. The number of nitrogens with zero attached hydrogens (tertiary/aromatic N) is 1. The van der Waals surface area contributed by atoms with Gasteiger partial charge in [0.2, 0.25) is 5.52 Å². The largest absolute Gasteiger partial charge is 0.326 e. The van der Waals surface area contributed by atoms with Gasteiger partial charge in [-0.2, -0.15) is 0 Å². The van der Waals surface area contributed by atoms with Gasteiger partial charge in [0.1, 0.15) is 7.05 Å². The van der Waals surface area contributed by atoms with Crippen LogP contribution in [-0.2, 0) is 13.6 Å². The van der Waals surface area contributed by atoms with Gasteiger partial charge in [-0.05, 0) is 11.6 Å². The maximum atomic E-state index is 5.66. The van der Waals surface area contributed by atoms with Crippen LogP contribution >= 0.6 is 0 Å². The third kappa shape index (κ3) is 1.29. The Bertz CT molecular complexity index is 435. The van der Waals surface area contributed by atoms with Crippen LogP contribution in [-0.4, -0.2) is 0 Å². The van der Waals surface area contributed by atoms with Crippen molar-refractivity contribution in [2.45, 2.75) is 6.54 Å². The number of pyridine rings is 1. The average Bonchev–Trinajstić information content (AvgIpc) is 2.19. The number of hydrogen-bond acceptors (Lipinski definition) is 1. The lowest BCUT2D eigenvalue weighted by Gasteiger charge is -2.01. The SMILES string of the molecule is C[n+]1ccc(CN)c2ccccc21. The van der Waals surface area contributed by atoms with Gasteiger partial charge in [-0.1, -0.05) is 12.1 Å². The highest BCUT2D eigenvalue weighted by Gasteiger charge is 2.06. The van der Waals surface area contributed by atoms with Crippen molar-refractivity contribution >= 4 is 10.9 Å². The summed E-state index contributed by atoms with van der Waals surface area (Å²) in [6, 6.07) is 10.4. The molecule has 0 amide bonds. The molecule has 0 spiro atoms. The highest BCUT2D eigenvalue weighted by molar-refractivity contribution is 5.79. The second-order valence-electron chi connectivity index (χ2n) is 3.17. The van der Waals surface area contributed by atoms with Crippen molar-refractivity contribution in [1.82, 2.24) is 0 Å². The van der Waals surface area contributed by atoms with E-state index >= 15 is 0 Å². The van der Waals surface area contributed by atoms with E-state index in [0.29, 0.717) is 6.54 Å². The Balaban J connectivity index is 2.84. The van der Waals surface area contributed by atoms with E-state index in [0.717, 1.165) is 0 Å². The number of aromatic nitrogens is 1. The predicted octanol–water partition coefficient (Wildman–Crippen LogP) is 1.12. The Morgan fingerprint density at radius 1 is 1.23 bits per heavy atom. The van der Waals surface area contributed by atoms with Gasteiger partial charge >= 0.3 is 0 Å². The third-order valence-electron chi connectivity index (χ3n) is 2.35. The lowest BCUT2D eigenvalue weighted by molar-refractivity contribution is -0.644. The Morgan fingerprint density at radius 3 is 2.77 bits per heavy atom. The van der Waals surface area contributed by atoms with Crippen molar-refractivity contribution in [2.24, 2.45) is 12.8 Å². The Labute approximate surface area is 77.6 Å². The van der Waals surface area contributed by atoms with Crippen LogP contribution in [0.1, 0.15) is 5.56 Å². The Morgan fingerprint density at radius 2 is 2.00 bits per heavy atom. The Hall–Kier alpha value is -1.41. The summed E-state index contributed by atoms with van der Waals surface area (Å²) < 4.78 is 2.11. The molecule has 2 rings (SSSR count). The third-order valence-corrected chi connectivity index (χ3v) is 2.35. The van der Waals surface area contributed by atoms with Crippen LogP contribution in [0.4, 0.5) is 0 Å². The fourth-order valence-electron chi connectivity index (χ4n) is 1.60. The fraction of sp³-hybridized carbons (Fsp3) is 0.182. The van der Waals surface area contributed by atoms with E-state index in [9.17, 15) is 0 Å². The van der Waals surface area contributed by atoms with Crippen LogP contribution in [0, 0.1) is 0 Å². The topological polar surface area (TPSA) is 29.9 Å². The minimum absolute atomic E-state index is 0.599. The minimum Gasteiger partial charge on any atom is -0.326 e. The van der Waals surface area contributed by atoms with Gasteiger partial charge in [-0.25, -0.2) is 4.57 Å². The number of nitrogens with two attached hydrogens (primary N) is 1. The van der Waals surface area contributed by atoms with E-state index in [2.05, 4.69) is 22.8 Å². The van der Waals surface area contributed by atoms with Gasteiger partial charge in [0.15, 0.2) is 6.20 Å². The number of hydrogen-bond donors (Lipinski definition) is 1. The molecule has 0 fully saturated rings. The molecule has 66 valence electrons. The van der Waals surface area contributed by atoms with E-state index in [4.69, 9.17) is 5.73 Å². The summed E-state index contributed by atoms with van der Waals surface area (Å²) >= 11 is 0. The standard InChI is InChI=1S/C11H13N2/c1-13-7-6-9(8-12)10-4-2-3-5-11(10)13/h2-7H,8,12H2,1H3/q+1. The molecule has 0 saturated carbocycles. The number of aryl methyl sites for hydroxylation is 1. The van der Waals surface area contributed by atoms with Crippen LogP contribution < -0.4 is 10.3 Å². The summed E-state index contributed by atoms with van der Waals surface area (Å²) in [6.07, 6.45) is 2.05. The highest BCUT2D eigenvalue weighted by Crippen LogP contribution is 2.13. The Kier molecular flexibility index (Phi) is 1.99. The first-order chi connectivity index (χ1) is 6.33. The maximum absolute atomic E-state index is 5.66. The number of benzene rings is 1. The molecule has 1 aromatic heterocycles. The minimum atomic E-state index is 0.599. The molecule has 0 radical (unpaired) electrons. The van der Waals surface area contributed by atoms with Crippen molar-refractivity contribution in [1.29, 1.82) is 0 Å². The molecule has 1 aromatic carbocycles. The highest BCUT2D eigenvalue weighted by atomic mass is 14.9. The normalized spacial score (nSPS) is 10.6. The summed E-state index contributed by atoms with van der Waals surface area (Å²) in [5.74, 6) is 0. The summed E-state index contributed by atoms with van der Waals surface area (Å²) in [5, 5.41) is 1.25. The molecular formula is C11H13N2+. The van der Waals surface area contributed by atoms with E-state index in [-0.39, 0.29) is 0 Å². The molecule has 13 heavy (non-hydrogen) atoms. The summed E-state index contributed by atoms with van der Waals surface area (Å²) in [4.78, 5) is 0. The number of rotatable bonds is 1. The van der Waals surface area contributed by atoms with Crippen LogP contribution in [0.25, 0.3) is 10.9 Å². The first-order valence-electron chi connectivity index (χ1n) is 4.39. The lowest BCUT2D eigenvalue weighted by Crippen LogP contribution is -2.28. The van der Waals surface area contributed by atoms with Crippen LogP contribution in [0.5, 0.6) is 0 Å². The van der Waals surface area contributed by atoms with Gasteiger partial charge in [-0.3, -0.25) is 0 Å². The van der Waals surface area contributed by atoms with E-state index in [1.165, 1.54) is 16.5 Å². The molecule has 0 saturated heterocycles. The molecular weight excluding hydrogens is 160 g/mol. The first kappa shape index (κ1) is 8.20. The zero-order chi connectivity index (χ0) is 9.26. The quantitative estimate of drug-likeness (QED) is 0.643. The zero-order valence-corrected chi connectivity index (χ0v) is 7.70. The lowest BCUT2D eigenvalue weighted by atomic mass is 10.1. The number of para-hydroxylation sites is 1. The van der Waals surface area contributed by atoms with E-state index < -0.39 is 0 Å². The van der Waals surface area contributed by atoms with Crippen molar-refractivity contribution < 1.29 is 4.57 Å². The van der Waals surface area contributed by atoms with Crippen molar-refractivity contribution in [3.63, 3.8) is 0 Å². The van der Waals surface area contributed by atoms with Crippen LogP contribution in [0.3, 0.4) is 0 Å². The first-order valence-corrected chi connectivity index (χ1v) is 4.39. The molecule has 0 unspecified atom stereocenters. The van der Waals surface area contributed by atoms with Crippen molar-refractivity contribution in [2.75, 3.05) is 0 Å². The molecule has 0 aliphatic rings. The van der Waals surface area contributed by atoms with Crippen molar-refractivity contribution in [3.8, 4) is 0 Å². The van der Waals surface area contributed by atoms with Crippen molar-refractivity contribution in [3.05, 3.63) is 42.1 Å². The van der Waals surface area contributed by atoms with Crippen LogP contribution in [0.15, 0.2) is 36.5 Å². The zero-order valence-electron chi connectivity index (χ0n) is 7.70. The summed E-state index contributed by atoms with van der Waals surface area (Å²) in [5.41, 5.74) is 8.09. The van der Waals surface area contributed by atoms with Gasteiger partial charge in [0.25, 0.3) is 0 Å². The smallest absolute Gasteiger partial charge is 0.212 e. The molecule has 0 aliphatic carbocycles.